The van der Waals surface area contributed by atoms with Gasteiger partial charge in [-0.25, -0.2) is 14.4 Å². The van der Waals surface area contributed by atoms with Gasteiger partial charge in [-0.1, -0.05) is 13.8 Å². The minimum absolute atomic E-state index is 0.0261. The van der Waals surface area contributed by atoms with Gasteiger partial charge < -0.3 is 20.7 Å². The molecule has 3 N–H and O–H groups in total. The topological polar surface area (TPSA) is 105 Å². The van der Waals surface area contributed by atoms with E-state index in [0.29, 0.717) is 36.5 Å². The third kappa shape index (κ3) is 5.31. The maximum Gasteiger partial charge on any atom is 0.418 e. The Bertz CT molecular complexity index is 1540. The summed E-state index contributed by atoms with van der Waals surface area (Å²) in [6.45, 7) is 9.84. The lowest BCUT2D eigenvalue weighted by atomic mass is 9.95. The van der Waals surface area contributed by atoms with Crippen LogP contribution in [0.4, 0.5) is 29.2 Å². The van der Waals surface area contributed by atoms with Crippen molar-refractivity contribution >= 4 is 22.5 Å². The van der Waals surface area contributed by atoms with E-state index in [2.05, 4.69) is 30.1 Å². The van der Waals surface area contributed by atoms with E-state index in [1.54, 1.807) is 0 Å². The number of aryl methyl sites for hydroxylation is 2. The maximum absolute atomic E-state index is 16.6. The fraction of sp³-hybridized carbons (Fsp3) is 0.613. The zero-order valence-corrected chi connectivity index (χ0v) is 25.5. The normalized spacial score (nSPS) is 21.2. The second-order valence-corrected chi connectivity index (χ2v) is 12.0. The molecule has 7 rings (SSSR count). The van der Waals surface area contributed by atoms with E-state index in [-0.39, 0.29) is 34.5 Å². The molecule has 1 atom stereocenters. The van der Waals surface area contributed by atoms with E-state index >= 15 is 4.39 Å². The summed E-state index contributed by atoms with van der Waals surface area (Å²) in [7, 11) is 0. The van der Waals surface area contributed by atoms with Gasteiger partial charge in [0.25, 0.3) is 0 Å². The number of fused-ring (bicyclic) bond motifs is 3. The Kier molecular flexibility index (Phi) is 8.29. The highest BCUT2D eigenvalue weighted by Crippen LogP contribution is 2.43. The van der Waals surface area contributed by atoms with E-state index in [0.717, 1.165) is 70.8 Å². The highest BCUT2D eigenvalue weighted by molar-refractivity contribution is 5.95. The standard InChI is InChI=1S/C29H34F4N8O.C2H6/c1-16-13-19(34)37-24(21(16)29(31,32)33)25-22(30)23-20-18(36-25)6-2-5-17-14-35-9-12-41(17)26(20)39-27(38-23)42-15-28-7-3-10-40(28)11-4-8-28;1-2/h13,17,35H,2-12,14-15H2,1H3,(H2,34,37);1-2H3. The summed E-state index contributed by atoms with van der Waals surface area (Å²) < 4.78 is 65.7. The van der Waals surface area contributed by atoms with Crippen molar-refractivity contribution in [3.8, 4) is 17.4 Å². The molecule has 1 unspecified atom stereocenters. The van der Waals surface area contributed by atoms with E-state index in [9.17, 15) is 13.2 Å². The van der Waals surface area contributed by atoms with Gasteiger partial charge in [0.2, 0.25) is 0 Å². The molecule has 0 amide bonds. The maximum atomic E-state index is 16.6. The van der Waals surface area contributed by atoms with Crippen LogP contribution in [0.2, 0.25) is 0 Å². The monoisotopic (exact) mass is 616 g/mol. The molecule has 3 saturated heterocycles. The van der Waals surface area contributed by atoms with E-state index < -0.39 is 28.9 Å². The molecule has 0 radical (unpaired) electrons. The zero-order chi connectivity index (χ0) is 31.2. The quantitative estimate of drug-likeness (QED) is 0.379. The Balaban J connectivity index is 0.00000168. The highest BCUT2D eigenvalue weighted by Gasteiger charge is 2.45. The smallest absolute Gasteiger partial charge is 0.418 e. The Morgan fingerprint density at radius 3 is 2.52 bits per heavy atom. The minimum atomic E-state index is -4.79. The van der Waals surface area contributed by atoms with Crippen molar-refractivity contribution in [2.24, 2.45) is 0 Å². The first-order chi connectivity index (χ1) is 21.1. The number of hydrogen-bond acceptors (Lipinski definition) is 9. The molecule has 4 aliphatic rings. The summed E-state index contributed by atoms with van der Waals surface area (Å²) in [6, 6.07) is 1.29. The van der Waals surface area contributed by atoms with Crippen molar-refractivity contribution in [1.29, 1.82) is 0 Å². The number of nitrogens with two attached hydrogens (primary N) is 1. The van der Waals surface area contributed by atoms with Crippen LogP contribution in [0.5, 0.6) is 6.01 Å². The third-order valence-corrected chi connectivity index (χ3v) is 9.42. The first kappa shape index (κ1) is 30.7. The zero-order valence-electron chi connectivity index (χ0n) is 25.5. The van der Waals surface area contributed by atoms with Gasteiger partial charge in [-0.2, -0.15) is 23.1 Å². The lowest BCUT2D eigenvalue weighted by Gasteiger charge is -2.39. The van der Waals surface area contributed by atoms with Crippen LogP contribution in [-0.2, 0) is 12.6 Å². The number of pyridine rings is 2. The number of nitrogen functional groups attached to an aromatic ring is 1. The number of nitrogens with zero attached hydrogens (tertiary/aromatic N) is 6. The van der Waals surface area contributed by atoms with Crippen molar-refractivity contribution in [1.82, 2.24) is 30.2 Å². The molecule has 0 spiro atoms. The van der Waals surface area contributed by atoms with Gasteiger partial charge in [0.05, 0.1) is 22.2 Å². The van der Waals surface area contributed by atoms with Crippen molar-refractivity contribution in [2.45, 2.75) is 83.5 Å². The number of hydrogen-bond donors (Lipinski definition) is 2. The van der Waals surface area contributed by atoms with Crippen molar-refractivity contribution in [2.75, 3.05) is 50.0 Å². The molecule has 9 nitrogen and oxygen atoms in total. The molecule has 238 valence electrons. The second kappa shape index (κ2) is 11.9. The van der Waals surface area contributed by atoms with E-state index in [4.69, 9.17) is 15.5 Å². The van der Waals surface area contributed by atoms with E-state index in [1.807, 2.05) is 13.8 Å². The van der Waals surface area contributed by atoms with Gasteiger partial charge in [0, 0.05) is 25.7 Å². The Hall–Kier alpha value is -3.32. The molecule has 0 aromatic carbocycles. The summed E-state index contributed by atoms with van der Waals surface area (Å²) in [5.41, 5.74) is 3.78. The molecule has 3 aromatic heterocycles. The van der Waals surface area contributed by atoms with Gasteiger partial charge in [0.1, 0.15) is 35.1 Å². The fourth-order valence-corrected chi connectivity index (χ4v) is 7.51. The molecule has 0 saturated carbocycles. The molecular formula is C31H40F4N8O. The van der Waals surface area contributed by atoms with Gasteiger partial charge in [0.15, 0.2) is 5.82 Å². The number of alkyl halides is 3. The van der Waals surface area contributed by atoms with Crippen LogP contribution in [0.25, 0.3) is 22.3 Å². The van der Waals surface area contributed by atoms with Crippen molar-refractivity contribution in [3.63, 3.8) is 0 Å². The predicted molar refractivity (Wildman–Crippen MR) is 161 cm³/mol. The minimum Gasteiger partial charge on any atom is -0.461 e. The number of ether oxygens (including phenoxy) is 1. The van der Waals surface area contributed by atoms with Gasteiger partial charge in [-0.3, -0.25) is 4.90 Å². The summed E-state index contributed by atoms with van der Waals surface area (Å²) in [6.07, 6.45) is 1.41. The van der Waals surface area contributed by atoms with E-state index in [1.165, 1.54) is 6.92 Å². The summed E-state index contributed by atoms with van der Waals surface area (Å²) in [4.78, 5) is 22.5. The number of aromatic nitrogens is 4. The van der Waals surface area contributed by atoms with Crippen LogP contribution in [0.1, 0.15) is 69.2 Å². The highest BCUT2D eigenvalue weighted by atomic mass is 19.4. The molecule has 44 heavy (non-hydrogen) atoms. The Morgan fingerprint density at radius 1 is 1.05 bits per heavy atom. The fourth-order valence-electron chi connectivity index (χ4n) is 7.51. The molecule has 0 bridgehead atoms. The SMILES string of the molecule is CC.Cc1cc(N)nc(-c2nc3c4c(nc(OCC56CCCN5CCC6)nc4c2F)N2CCNCC2CCC3)c1C(F)(F)F. The number of halogens is 4. The summed E-state index contributed by atoms with van der Waals surface area (Å²) >= 11 is 0. The summed E-state index contributed by atoms with van der Waals surface area (Å²) in [5, 5.41) is 3.85. The number of anilines is 2. The Labute approximate surface area is 254 Å². The molecular weight excluding hydrogens is 576 g/mol. The average molecular weight is 617 g/mol. The molecule has 4 aliphatic heterocycles. The van der Waals surface area contributed by atoms with Gasteiger partial charge in [-0.05, 0) is 76.6 Å². The Morgan fingerprint density at radius 2 is 1.80 bits per heavy atom. The molecule has 3 fully saturated rings. The largest absolute Gasteiger partial charge is 0.461 e. The van der Waals surface area contributed by atoms with Gasteiger partial charge in [-0.15, -0.1) is 0 Å². The van der Waals surface area contributed by atoms with Crippen LogP contribution < -0.4 is 20.7 Å². The van der Waals surface area contributed by atoms with Crippen LogP contribution in [-0.4, -0.2) is 75.7 Å². The number of rotatable bonds is 4. The molecule has 13 heteroatoms. The van der Waals surface area contributed by atoms with Crippen LogP contribution in [0, 0.1) is 12.7 Å². The van der Waals surface area contributed by atoms with Crippen LogP contribution in [0.3, 0.4) is 0 Å². The molecule has 0 aliphatic carbocycles. The summed E-state index contributed by atoms with van der Waals surface area (Å²) in [5.74, 6) is -0.611. The van der Waals surface area contributed by atoms with Crippen LogP contribution >= 0.6 is 0 Å². The predicted octanol–water partition coefficient (Wildman–Crippen LogP) is 5.28. The lowest BCUT2D eigenvalue weighted by Crippen LogP contribution is -2.52. The molecule has 7 heterocycles. The second-order valence-electron chi connectivity index (χ2n) is 12.0. The van der Waals surface area contributed by atoms with Crippen molar-refractivity contribution in [3.05, 3.63) is 28.7 Å². The number of nitrogens with one attached hydrogen (secondary N) is 1. The molecule has 3 aromatic rings. The van der Waals surface area contributed by atoms with Crippen LogP contribution in [0.15, 0.2) is 6.07 Å². The first-order valence-electron chi connectivity index (χ1n) is 15.7. The third-order valence-electron chi connectivity index (χ3n) is 9.42. The lowest BCUT2D eigenvalue weighted by molar-refractivity contribution is -0.137. The number of piperazine rings is 1. The van der Waals surface area contributed by atoms with Gasteiger partial charge >= 0.3 is 12.2 Å². The van der Waals surface area contributed by atoms with Crippen molar-refractivity contribution < 1.29 is 22.3 Å². The average Bonchev–Trinajstić information content (AvgIpc) is 3.57. The first-order valence-corrected chi connectivity index (χ1v) is 15.7.